The number of aliphatic hydroxyl groups is 1. The average molecular weight is 222 g/mol. The van der Waals surface area contributed by atoms with Gasteiger partial charge in [0, 0.05) is 30.4 Å². The van der Waals surface area contributed by atoms with Crippen molar-refractivity contribution < 1.29 is 9.84 Å². The Hall–Kier alpha value is -1.13. The Morgan fingerprint density at radius 3 is 2.88 bits per heavy atom. The molecule has 0 radical (unpaired) electrons. The summed E-state index contributed by atoms with van der Waals surface area (Å²) in [7, 11) is 1.66. The van der Waals surface area contributed by atoms with Gasteiger partial charge in [0.25, 0.3) is 0 Å². The van der Waals surface area contributed by atoms with Gasteiger partial charge in [-0.05, 0) is 19.8 Å². The van der Waals surface area contributed by atoms with Crippen LogP contribution in [0.1, 0.15) is 24.2 Å². The summed E-state index contributed by atoms with van der Waals surface area (Å²) < 4.78 is 5.19. The summed E-state index contributed by atoms with van der Waals surface area (Å²) in [6.45, 7) is 2.69. The monoisotopic (exact) mass is 222 g/mol. The van der Waals surface area contributed by atoms with E-state index < -0.39 is 0 Å². The number of methoxy groups -OCH3 is 1. The average Bonchev–Trinajstić information content (AvgIpc) is 2.22. The van der Waals surface area contributed by atoms with Crippen LogP contribution in [0.25, 0.3) is 0 Å². The highest BCUT2D eigenvalue weighted by Gasteiger charge is 2.26. The summed E-state index contributed by atoms with van der Waals surface area (Å²) in [4.78, 5) is 4.43. The number of aliphatic hydroxyl groups excluding tert-OH is 1. The van der Waals surface area contributed by atoms with Gasteiger partial charge in [-0.15, -0.1) is 0 Å². The van der Waals surface area contributed by atoms with Gasteiger partial charge in [-0.25, -0.2) is 0 Å². The molecule has 2 rings (SSSR count). The summed E-state index contributed by atoms with van der Waals surface area (Å²) >= 11 is 0. The Bertz CT molecular complexity index is 362. The van der Waals surface area contributed by atoms with Gasteiger partial charge in [0.1, 0.15) is 5.75 Å². The zero-order valence-corrected chi connectivity index (χ0v) is 9.73. The molecular weight excluding hydrogens is 204 g/mol. The Morgan fingerprint density at radius 2 is 2.25 bits per heavy atom. The van der Waals surface area contributed by atoms with Crippen LogP contribution in [0.15, 0.2) is 12.1 Å². The van der Waals surface area contributed by atoms with Crippen LogP contribution < -0.4 is 10.1 Å². The molecule has 0 saturated heterocycles. The van der Waals surface area contributed by atoms with Crippen molar-refractivity contribution in [1.29, 1.82) is 0 Å². The first-order valence-corrected chi connectivity index (χ1v) is 5.60. The van der Waals surface area contributed by atoms with Crippen LogP contribution in [-0.4, -0.2) is 29.3 Å². The van der Waals surface area contributed by atoms with Crippen LogP contribution in [0.5, 0.6) is 5.75 Å². The molecule has 4 nitrogen and oxygen atoms in total. The van der Waals surface area contributed by atoms with Gasteiger partial charge >= 0.3 is 0 Å². The van der Waals surface area contributed by atoms with Gasteiger partial charge < -0.3 is 15.2 Å². The molecule has 0 unspecified atom stereocenters. The maximum Gasteiger partial charge on any atom is 0.122 e. The fourth-order valence-electron chi connectivity index (χ4n) is 1.91. The van der Waals surface area contributed by atoms with Crippen molar-refractivity contribution in [3.05, 3.63) is 23.5 Å². The molecule has 88 valence electrons. The van der Waals surface area contributed by atoms with E-state index in [0.29, 0.717) is 6.04 Å². The largest absolute Gasteiger partial charge is 0.497 e. The highest BCUT2D eigenvalue weighted by atomic mass is 16.5. The quantitative estimate of drug-likeness (QED) is 0.798. The minimum Gasteiger partial charge on any atom is -0.497 e. The number of ether oxygens (including phenoxy) is 1. The molecule has 0 aliphatic heterocycles. The maximum atomic E-state index is 9.17. The second-order valence-electron chi connectivity index (χ2n) is 4.34. The minimum atomic E-state index is -0.113. The predicted molar refractivity (Wildman–Crippen MR) is 61.4 cm³/mol. The molecule has 1 fully saturated rings. The van der Waals surface area contributed by atoms with Gasteiger partial charge in [-0.2, -0.15) is 0 Å². The molecule has 1 saturated carbocycles. The summed E-state index contributed by atoms with van der Waals surface area (Å²) in [5, 5.41) is 12.5. The Balaban J connectivity index is 1.90. The summed E-state index contributed by atoms with van der Waals surface area (Å²) in [5.41, 5.74) is 1.95. The van der Waals surface area contributed by atoms with Crippen molar-refractivity contribution in [1.82, 2.24) is 10.3 Å². The van der Waals surface area contributed by atoms with Gasteiger partial charge in [0.05, 0.1) is 18.9 Å². The molecule has 16 heavy (non-hydrogen) atoms. The molecule has 0 amide bonds. The SMILES string of the molecule is COc1cc(C)nc(CNC2CC(O)C2)c1. The van der Waals surface area contributed by atoms with Crippen LogP contribution in [0.2, 0.25) is 0 Å². The molecule has 0 atom stereocenters. The van der Waals surface area contributed by atoms with E-state index in [1.54, 1.807) is 7.11 Å². The first-order chi connectivity index (χ1) is 7.67. The van der Waals surface area contributed by atoms with E-state index in [1.165, 1.54) is 0 Å². The number of nitrogens with one attached hydrogen (secondary N) is 1. The van der Waals surface area contributed by atoms with E-state index in [2.05, 4.69) is 10.3 Å². The zero-order chi connectivity index (χ0) is 11.5. The standard InChI is InChI=1S/C12H18N2O2/c1-8-3-12(16-2)6-10(14-8)7-13-9-4-11(15)5-9/h3,6,9,11,13,15H,4-5,7H2,1-2H3. The third-order valence-electron chi connectivity index (χ3n) is 2.90. The van der Waals surface area contributed by atoms with Crippen LogP contribution in [0.3, 0.4) is 0 Å². The number of pyridine rings is 1. The van der Waals surface area contributed by atoms with E-state index in [1.807, 2.05) is 19.1 Å². The minimum absolute atomic E-state index is 0.113. The molecule has 0 spiro atoms. The fourth-order valence-corrected chi connectivity index (χ4v) is 1.91. The van der Waals surface area contributed by atoms with Crippen molar-refractivity contribution in [3.8, 4) is 5.75 Å². The molecule has 0 bridgehead atoms. The number of rotatable bonds is 4. The van der Waals surface area contributed by atoms with E-state index in [0.717, 1.165) is 36.5 Å². The van der Waals surface area contributed by atoms with Crippen LogP contribution in [0, 0.1) is 6.92 Å². The molecule has 2 N–H and O–H groups in total. The van der Waals surface area contributed by atoms with Crippen molar-refractivity contribution in [3.63, 3.8) is 0 Å². The molecule has 1 aromatic heterocycles. The van der Waals surface area contributed by atoms with E-state index in [4.69, 9.17) is 9.84 Å². The fraction of sp³-hybridized carbons (Fsp3) is 0.583. The number of aromatic nitrogens is 1. The molecule has 0 aromatic carbocycles. The van der Waals surface area contributed by atoms with Crippen molar-refractivity contribution >= 4 is 0 Å². The Labute approximate surface area is 95.7 Å². The van der Waals surface area contributed by atoms with E-state index >= 15 is 0 Å². The Kier molecular flexibility index (Phi) is 3.41. The van der Waals surface area contributed by atoms with Crippen molar-refractivity contribution in [2.24, 2.45) is 0 Å². The lowest BCUT2D eigenvalue weighted by atomic mass is 9.89. The molecule has 1 aliphatic carbocycles. The second-order valence-corrected chi connectivity index (χ2v) is 4.34. The highest BCUT2D eigenvalue weighted by Crippen LogP contribution is 2.20. The number of hydrogen-bond donors (Lipinski definition) is 2. The predicted octanol–water partition coefficient (Wildman–Crippen LogP) is 1.01. The Morgan fingerprint density at radius 1 is 1.50 bits per heavy atom. The summed E-state index contributed by atoms with van der Waals surface area (Å²) in [5.74, 6) is 0.845. The normalized spacial score (nSPS) is 23.9. The molecular formula is C12H18N2O2. The van der Waals surface area contributed by atoms with Crippen molar-refractivity contribution in [2.75, 3.05) is 7.11 Å². The lowest BCUT2D eigenvalue weighted by Crippen LogP contribution is -2.43. The number of aryl methyl sites for hydroxylation is 1. The van der Waals surface area contributed by atoms with Crippen LogP contribution >= 0.6 is 0 Å². The van der Waals surface area contributed by atoms with Crippen LogP contribution in [0.4, 0.5) is 0 Å². The lowest BCUT2D eigenvalue weighted by molar-refractivity contribution is 0.0618. The summed E-state index contributed by atoms with van der Waals surface area (Å²) in [6.07, 6.45) is 1.59. The highest BCUT2D eigenvalue weighted by molar-refractivity contribution is 5.26. The molecule has 1 heterocycles. The van der Waals surface area contributed by atoms with Crippen LogP contribution in [-0.2, 0) is 6.54 Å². The first-order valence-electron chi connectivity index (χ1n) is 5.60. The third kappa shape index (κ3) is 2.71. The molecule has 1 aliphatic rings. The first kappa shape index (κ1) is 11.4. The number of hydrogen-bond acceptors (Lipinski definition) is 4. The van der Waals surface area contributed by atoms with E-state index in [9.17, 15) is 0 Å². The van der Waals surface area contributed by atoms with Gasteiger partial charge in [0.2, 0.25) is 0 Å². The third-order valence-corrected chi connectivity index (χ3v) is 2.90. The lowest BCUT2D eigenvalue weighted by Gasteiger charge is -2.32. The summed E-state index contributed by atoms with van der Waals surface area (Å²) in [6, 6.07) is 4.29. The topological polar surface area (TPSA) is 54.4 Å². The van der Waals surface area contributed by atoms with Gasteiger partial charge in [0.15, 0.2) is 0 Å². The second kappa shape index (κ2) is 4.80. The smallest absolute Gasteiger partial charge is 0.122 e. The zero-order valence-electron chi connectivity index (χ0n) is 9.73. The van der Waals surface area contributed by atoms with Gasteiger partial charge in [-0.3, -0.25) is 4.98 Å². The number of nitrogens with zero attached hydrogens (tertiary/aromatic N) is 1. The van der Waals surface area contributed by atoms with Gasteiger partial charge in [-0.1, -0.05) is 0 Å². The molecule has 1 aromatic rings. The van der Waals surface area contributed by atoms with Crippen molar-refractivity contribution in [2.45, 2.75) is 38.5 Å². The molecule has 4 heteroatoms. The maximum absolute atomic E-state index is 9.17. The van der Waals surface area contributed by atoms with E-state index in [-0.39, 0.29) is 6.10 Å².